The molecule has 4 N–H and O–H groups in total. The molecule has 0 amide bonds. The Balaban J connectivity index is 1.40. The third-order valence-corrected chi connectivity index (χ3v) is 13.6. The van der Waals surface area contributed by atoms with Gasteiger partial charge in [0.05, 0.1) is 5.54 Å². The van der Waals surface area contributed by atoms with Crippen molar-refractivity contribution in [1.29, 1.82) is 0 Å². The smallest absolute Gasteiger partial charge is 0.189 e. The van der Waals surface area contributed by atoms with Gasteiger partial charge in [0, 0.05) is 36.5 Å². The number of rotatable bonds is 3. The summed E-state index contributed by atoms with van der Waals surface area (Å²) in [5.74, 6) is 5.96. The first-order chi connectivity index (χ1) is 16.4. The number of nitrogens with two attached hydrogens (primary N) is 1. The quantitative estimate of drug-likeness (QED) is 0.484. The number of hydrogen-bond acceptors (Lipinski definition) is 7. The second-order valence-corrected chi connectivity index (χ2v) is 14.8. The summed E-state index contributed by atoms with van der Waals surface area (Å²) in [6, 6.07) is 0. The van der Waals surface area contributed by atoms with Gasteiger partial charge in [0.25, 0.3) is 0 Å². The van der Waals surface area contributed by atoms with Crippen LogP contribution in [0.5, 0.6) is 0 Å². The van der Waals surface area contributed by atoms with Gasteiger partial charge in [-0.3, -0.25) is 9.79 Å². The molecule has 6 bridgehead atoms. The van der Waals surface area contributed by atoms with Crippen molar-refractivity contribution >= 4 is 33.3 Å². The van der Waals surface area contributed by atoms with Gasteiger partial charge < -0.3 is 16.2 Å². The molecule has 3 fully saturated rings. The third kappa shape index (κ3) is 3.31. The lowest BCUT2D eigenvalue weighted by molar-refractivity contribution is -0.126. The monoisotopic (exact) mass is 503 g/mol. The van der Waals surface area contributed by atoms with Crippen LogP contribution in [0.4, 0.5) is 0 Å². The number of allylic oxidation sites excluding steroid dienone is 2. The largest absolute Gasteiger partial charge is 0.396 e. The van der Waals surface area contributed by atoms with Crippen molar-refractivity contribution in [2.24, 2.45) is 45.2 Å². The third-order valence-electron chi connectivity index (χ3n) is 11.0. The summed E-state index contributed by atoms with van der Waals surface area (Å²) in [4.78, 5) is 18.2. The first-order valence-electron chi connectivity index (χ1n) is 13.6. The summed E-state index contributed by atoms with van der Waals surface area (Å²) in [5, 5.41) is 13.3. The number of ketones is 1. The van der Waals surface area contributed by atoms with Crippen molar-refractivity contribution in [2.45, 2.75) is 83.1 Å². The Labute approximate surface area is 212 Å². The lowest BCUT2D eigenvalue weighted by Gasteiger charge is -2.58. The molecule has 2 heterocycles. The number of aliphatic imine (C=N–C) groups is 1. The minimum Gasteiger partial charge on any atom is -0.396 e. The highest BCUT2D eigenvalue weighted by Crippen LogP contribution is 2.79. The van der Waals surface area contributed by atoms with Crippen molar-refractivity contribution in [3.63, 3.8) is 0 Å². The van der Waals surface area contributed by atoms with Crippen LogP contribution in [0.15, 0.2) is 16.1 Å². The van der Waals surface area contributed by atoms with Crippen LogP contribution in [0.2, 0.25) is 0 Å². The van der Waals surface area contributed by atoms with Gasteiger partial charge in [-0.25, -0.2) is 0 Å². The molecule has 5 nitrogen and oxygen atoms in total. The minimum absolute atomic E-state index is 0.00302. The molecule has 3 saturated carbocycles. The lowest BCUT2D eigenvalue weighted by Crippen LogP contribution is -2.56. The van der Waals surface area contributed by atoms with Crippen LogP contribution in [-0.4, -0.2) is 47.0 Å². The highest BCUT2D eigenvalue weighted by atomic mass is 33.1. The van der Waals surface area contributed by atoms with E-state index in [4.69, 9.17) is 5.73 Å². The molecule has 7 atom stereocenters. The predicted octanol–water partition coefficient (Wildman–Crippen LogP) is 4.70. The molecule has 0 aromatic rings. The van der Waals surface area contributed by atoms with E-state index in [2.05, 4.69) is 17.2 Å². The second-order valence-electron chi connectivity index (χ2n) is 12.2. The fourth-order valence-electron chi connectivity index (χ4n) is 9.72. The van der Waals surface area contributed by atoms with E-state index in [1.54, 1.807) is 5.57 Å². The van der Waals surface area contributed by atoms with Gasteiger partial charge in [-0.05, 0) is 98.9 Å². The molecule has 188 valence electrons. The molecule has 4 aliphatic carbocycles. The number of hydrogen-bond donors (Lipinski definition) is 3. The van der Waals surface area contributed by atoms with Gasteiger partial charge in [0.2, 0.25) is 0 Å². The van der Waals surface area contributed by atoms with Gasteiger partial charge in [0.15, 0.2) is 11.7 Å². The highest BCUT2D eigenvalue weighted by Gasteiger charge is 2.73. The van der Waals surface area contributed by atoms with E-state index in [9.17, 15) is 9.90 Å². The average molecular weight is 504 g/mol. The van der Waals surface area contributed by atoms with Crippen molar-refractivity contribution < 1.29 is 9.90 Å². The van der Waals surface area contributed by atoms with E-state index in [1.165, 1.54) is 31.3 Å². The number of Topliss-reactive ketones (excluding diaryl/α,β-unsaturated/α-hetero) is 1. The normalized spacial score (nSPS) is 46.1. The summed E-state index contributed by atoms with van der Waals surface area (Å²) >= 11 is 0. The molecule has 0 unspecified atom stereocenters. The summed E-state index contributed by atoms with van der Waals surface area (Å²) < 4.78 is 0. The van der Waals surface area contributed by atoms with Gasteiger partial charge in [0.1, 0.15) is 0 Å². The molecule has 2 spiro atoms. The lowest BCUT2D eigenvalue weighted by atomic mass is 9.46. The van der Waals surface area contributed by atoms with Crippen LogP contribution in [0.3, 0.4) is 0 Å². The maximum Gasteiger partial charge on any atom is 0.189 e. The van der Waals surface area contributed by atoms with E-state index in [-0.39, 0.29) is 23.0 Å². The molecular weight excluding hydrogens is 462 g/mol. The van der Waals surface area contributed by atoms with E-state index in [1.807, 2.05) is 21.6 Å². The zero-order valence-corrected chi connectivity index (χ0v) is 22.2. The summed E-state index contributed by atoms with van der Waals surface area (Å²) in [5.41, 5.74) is 9.30. The molecule has 0 aromatic carbocycles. The molecule has 7 heteroatoms. The van der Waals surface area contributed by atoms with E-state index in [0.717, 1.165) is 74.8 Å². The number of carbonyl (C=O) groups excluding carboxylic acids is 1. The van der Waals surface area contributed by atoms with Crippen molar-refractivity contribution in [3.8, 4) is 0 Å². The molecular formula is C27H41N3O2S2. The fourth-order valence-corrected chi connectivity index (χ4v) is 12.5. The standard InChI is InChI=1S/C27H41N3O2S2/c1-25-10-13-33-34-16-26(9-11-29-24(28)30-26)8-2-4-19-22(32)15-27(25)20(5-3-12-31)17-6-7-18(23(19)27)21(25)14-17/h17-18,20-21,31H,2-16H2,1H3,(H3,28,29,30)/t17-,18-,20+,21+,25-,26-,27-/m0/s1. The first kappa shape index (κ1) is 23.7. The molecule has 6 rings (SSSR count). The first-order valence-corrected chi connectivity index (χ1v) is 16.1. The fraction of sp³-hybridized carbons (Fsp3) is 0.852. The zero-order valence-electron chi connectivity index (χ0n) is 20.6. The Kier molecular flexibility index (Phi) is 6.09. The number of guanidine groups is 1. The van der Waals surface area contributed by atoms with Crippen molar-refractivity contribution in [1.82, 2.24) is 5.32 Å². The van der Waals surface area contributed by atoms with E-state index < -0.39 is 0 Å². The van der Waals surface area contributed by atoms with Gasteiger partial charge >= 0.3 is 0 Å². The predicted molar refractivity (Wildman–Crippen MR) is 142 cm³/mol. The molecule has 0 saturated heterocycles. The minimum atomic E-state index is 0.00302. The SMILES string of the molecule is C[C@]12CCSSC[C@]3(CCCC4=C5[C@H]6CC[C@@H](C[C@H]61)[C@@H](CCCO)[C@@]52CC4=O)CCN=C(N)N3. The van der Waals surface area contributed by atoms with Gasteiger partial charge in [-0.15, -0.1) is 0 Å². The summed E-state index contributed by atoms with van der Waals surface area (Å²) in [7, 11) is 4.05. The summed E-state index contributed by atoms with van der Waals surface area (Å²) in [6.45, 7) is 3.65. The molecule has 0 aromatic heterocycles. The number of carbonyl (C=O) groups is 1. The Morgan fingerprint density at radius 3 is 2.94 bits per heavy atom. The van der Waals surface area contributed by atoms with Crippen LogP contribution in [0, 0.1) is 34.5 Å². The van der Waals surface area contributed by atoms with Gasteiger partial charge in [-0.2, -0.15) is 0 Å². The number of fused-ring (bicyclic) bond motifs is 1. The van der Waals surface area contributed by atoms with Crippen LogP contribution in [0.1, 0.15) is 77.6 Å². The molecule has 34 heavy (non-hydrogen) atoms. The number of nitrogens with zero attached hydrogens (tertiary/aromatic N) is 1. The van der Waals surface area contributed by atoms with Crippen LogP contribution < -0.4 is 11.1 Å². The Morgan fingerprint density at radius 2 is 2.12 bits per heavy atom. The Morgan fingerprint density at radius 1 is 1.24 bits per heavy atom. The van der Waals surface area contributed by atoms with Crippen molar-refractivity contribution in [3.05, 3.63) is 11.1 Å². The molecule has 6 aliphatic rings. The maximum atomic E-state index is 13.8. The van der Waals surface area contributed by atoms with Crippen LogP contribution in [-0.2, 0) is 4.79 Å². The zero-order chi connectivity index (χ0) is 23.6. The number of aliphatic hydroxyl groups is 1. The maximum absolute atomic E-state index is 13.8. The highest BCUT2D eigenvalue weighted by molar-refractivity contribution is 8.76. The van der Waals surface area contributed by atoms with Crippen LogP contribution in [0.25, 0.3) is 0 Å². The van der Waals surface area contributed by atoms with E-state index in [0.29, 0.717) is 23.6 Å². The second kappa shape index (κ2) is 8.72. The Hall–Kier alpha value is -0.660. The van der Waals surface area contributed by atoms with Gasteiger partial charge in [-0.1, -0.05) is 34.1 Å². The molecule has 2 aliphatic heterocycles. The summed E-state index contributed by atoms with van der Waals surface area (Å²) in [6.07, 6.45) is 12.0. The van der Waals surface area contributed by atoms with E-state index >= 15 is 0 Å². The average Bonchev–Trinajstić information content (AvgIpc) is 3.10. The number of nitrogens with one attached hydrogen (secondary N) is 1. The van der Waals surface area contributed by atoms with Crippen LogP contribution >= 0.6 is 21.6 Å². The molecule has 0 radical (unpaired) electrons. The topological polar surface area (TPSA) is 87.7 Å². The Bertz CT molecular complexity index is 922. The van der Waals surface area contributed by atoms with Crippen molar-refractivity contribution in [2.75, 3.05) is 24.7 Å². The number of aliphatic hydroxyl groups excluding tert-OH is 1.